The summed E-state index contributed by atoms with van der Waals surface area (Å²) in [5.74, 6) is -0.891. The largest absolute Gasteiger partial charge is 0.478 e. The second-order valence-corrected chi connectivity index (χ2v) is 5.09. The number of hydrogen-bond acceptors (Lipinski definition) is 4. The molecule has 0 unspecified atom stereocenters. The molecule has 1 rings (SSSR count). The quantitative estimate of drug-likeness (QED) is 0.782. The zero-order valence-corrected chi connectivity index (χ0v) is 12.4. The highest BCUT2D eigenvalue weighted by Crippen LogP contribution is 2.22. The summed E-state index contributed by atoms with van der Waals surface area (Å²) in [7, 11) is 0. The summed E-state index contributed by atoms with van der Waals surface area (Å²) in [5, 5.41) is 3.19. The van der Waals surface area contributed by atoms with Gasteiger partial charge in [0.15, 0.2) is 18.2 Å². The molecule has 4 nitrogen and oxygen atoms in total. The van der Waals surface area contributed by atoms with Crippen LogP contribution in [0.15, 0.2) is 18.2 Å². The second-order valence-electron chi connectivity index (χ2n) is 5.09. The Morgan fingerprint density at radius 2 is 2.00 bits per heavy atom. The summed E-state index contributed by atoms with van der Waals surface area (Å²) in [5.41, 5.74) is 0.677. The van der Waals surface area contributed by atoms with Crippen molar-refractivity contribution in [1.82, 2.24) is 5.32 Å². The number of carbonyl (C=O) groups excluding carboxylic acids is 1. The van der Waals surface area contributed by atoms with Crippen LogP contribution in [0.2, 0.25) is 0 Å². The van der Waals surface area contributed by atoms with Crippen molar-refractivity contribution in [3.63, 3.8) is 0 Å². The molecule has 112 valence electrons. The molecule has 5 heteroatoms. The van der Waals surface area contributed by atoms with Gasteiger partial charge in [-0.2, -0.15) is 0 Å². The Kier molecular flexibility index (Phi) is 6.45. The van der Waals surface area contributed by atoms with Crippen molar-refractivity contribution in [2.75, 3.05) is 6.61 Å². The van der Waals surface area contributed by atoms with Gasteiger partial charge >= 0.3 is 5.97 Å². The lowest BCUT2D eigenvalue weighted by Crippen LogP contribution is -2.23. The van der Waals surface area contributed by atoms with Gasteiger partial charge in [0.25, 0.3) is 0 Å². The van der Waals surface area contributed by atoms with Crippen molar-refractivity contribution < 1.29 is 18.7 Å². The number of nitrogens with one attached hydrogen (secondary N) is 1. The van der Waals surface area contributed by atoms with Crippen LogP contribution in [0.5, 0.6) is 5.75 Å². The second kappa shape index (κ2) is 7.85. The van der Waals surface area contributed by atoms with Gasteiger partial charge in [-0.3, -0.25) is 0 Å². The molecule has 0 radical (unpaired) electrons. The number of hydrogen-bond donors (Lipinski definition) is 1. The minimum Gasteiger partial charge on any atom is -0.478 e. The number of esters is 1. The van der Waals surface area contributed by atoms with Gasteiger partial charge in [0.2, 0.25) is 0 Å². The molecule has 20 heavy (non-hydrogen) atoms. The van der Waals surface area contributed by atoms with Crippen LogP contribution in [0.4, 0.5) is 4.39 Å². The lowest BCUT2D eigenvalue weighted by Gasteiger charge is -2.14. The van der Waals surface area contributed by atoms with Gasteiger partial charge in [0, 0.05) is 18.2 Å². The van der Waals surface area contributed by atoms with E-state index < -0.39 is 11.8 Å². The van der Waals surface area contributed by atoms with Crippen LogP contribution in [0.1, 0.15) is 33.3 Å². The van der Waals surface area contributed by atoms with Crippen LogP contribution >= 0.6 is 0 Å². The molecule has 0 saturated carbocycles. The Morgan fingerprint density at radius 3 is 2.60 bits per heavy atom. The summed E-state index contributed by atoms with van der Waals surface area (Å²) in [4.78, 5) is 11.4. The molecule has 0 atom stereocenters. The Hall–Kier alpha value is -1.62. The highest BCUT2D eigenvalue weighted by Gasteiger charge is 2.13. The Morgan fingerprint density at radius 1 is 1.30 bits per heavy atom. The first-order valence-electron chi connectivity index (χ1n) is 6.73. The Balaban J connectivity index is 2.70. The van der Waals surface area contributed by atoms with E-state index in [1.165, 1.54) is 6.07 Å². The van der Waals surface area contributed by atoms with E-state index in [1.54, 1.807) is 26.0 Å². The predicted octanol–water partition coefficient (Wildman–Crippen LogP) is 2.65. The molecule has 0 spiro atoms. The number of ether oxygens (including phenoxy) is 2. The SMILES string of the molecule is CC(C)NCc1cccc(F)c1OCC(=O)OC(C)C. The average Bonchev–Trinajstić information content (AvgIpc) is 2.34. The molecule has 0 heterocycles. The summed E-state index contributed by atoms with van der Waals surface area (Å²) in [6.07, 6.45) is -0.214. The number of halogens is 1. The van der Waals surface area contributed by atoms with Crippen LogP contribution in [-0.4, -0.2) is 24.7 Å². The topological polar surface area (TPSA) is 47.6 Å². The lowest BCUT2D eigenvalue weighted by atomic mass is 10.2. The van der Waals surface area contributed by atoms with Crippen LogP contribution in [0.25, 0.3) is 0 Å². The van der Waals surface area contributed by atoms with Crippen LogP contribution in [0.3, 0.4) is 0 Å². The van der Waals surface area contributed by atoms with Crippen LogP contribution in [-0.2, 0) is 16.1 Å². The number of para-hydroxylation sites is 1. The summed E-state index contributed by atoms with van der Waals surface area (Å²) >= 11 is 0. The lowest BCUT2D eigenvalue weighted by molar-refractivity contribution is -0.149. The zero-order valence-electron chi connectivity index (χ0n) is 12.4. The smallest absolute Gasteiger partial charge is 0.344 e. The Labute approximate surface area is 119 Å². The first-order valence-corrected chi connectivity index (χ1v) is 6.73. The van der Waals surface area contributed by atoms with Crippen molar-refractivity contribution >= 4 is 5.97 Å². The van der Waals surface area contributed by atoms with Gasteiger partial charge in [0.05, 0.1) is 6.10 Å². The fourth-order valence-corrected chi connectivity index (χ4v) is 1.60. The van der Waals surface area contributed by atoms with Crippen LogP contribution in [0, 0.1) is 5.82 Å². The maximum Gasteiger partial charge on any atom is 0.344 e. The predicted molar refractivity (Wildman–Crippen MR) is 75.1 cm³/mol. The first-order chi connectivity index (χ1) is 9.40. The van der Waals surface area contributed by atoms with E-state index in [9.17, 15) is 9.18 Å². The molecular weight excluding hydrogens is 261 g/mol. The number of carbonyl (C=O) groups is 1. The van der Waals surface area contributed by atoms with E-state index in [0.717, 1.165) is 0 Å². The van der Waals surface area contributed by atoms with Gasteiger partial charge in [-0.1, -0.05) is 26.0 Å². The third kappa shape index (κ3) is 5.57. The summed E-state index contributed by atoms with van der Waals surface area (Å²) in [6.45, 7) is 7.68. The maximum absolute atomic E-state index is 13.8. The standard InChI is InChI=1S/C15H22FNO3/c1-10(2)17-8-12-6-5-7-13(16)15(12)19-9-14(18)20-11(3)4/h5-7,10-11,17H,8-9H2,1-4H3. The number of benzene rings is 1. The van der Waals surface area contributed by atoms with E-state index in [2.05, 4.69) is 5.32 Å². The third-order valence-electron chi connectivity index (χ3n) is 2.45. The minimum absolute atomic E-state index is 0.0985. The molecule has 0 bridgehead atoms. The average molecular weight is 283 g/mol. The van der Waals surface area contributed by atoms with Crippen molar-refractivity contribution in [1.29, 1.82) is 0 Å². The molecule has 0 aliphatic carbocycles. The van der Waals surface area contributed by atoms with Gasteiger partial charge in [0.1, 0.15) is 0 Å². The van der Waals surface area contributed by atoms with E-state index in [-0.39, 0.29) is 24.5 Å². The van der Waals surface area contributed by atoms with Gasteiger partial charge in [-0.05, 0) is 19.9 Å². The van der Waals surface area contributed by atoms with Crippen molar-refractivity contribution in [3.05, 3.63) is 29.6 Å². The highest BCUT2D eigenvalue weighted by atomic mass is 19.1. The van der Waals surface area contributed by atoms with E-state index in [4.69, 9.17) is 9.47 Å². The molecule has 0 saturated heterocycles. The zero-order chi connectivity index (χ0) is 15.1. The van der Waals surface area contributed by atoms with Crippen molar-refractivity contribution in [2.24, 2.45) is 0 Å². The summed E-state index contributed by atoms with van der Waals surface area (Å²) in [6, 6.07) is 4.97. The molecular formula is C15H22FNO3. The summed E-state index contributed by atoms with van der Waals surface area (Å²) < 4.78 is 24.0. The molecule has 0 aliphatic rings. The van der Waals surface area contributed by atoms with Crippen LogP contribution < -0.4 is 10.1 Å². The van der Waals surface area contributed by atoms with Gasteiger partial charge < -0.3 is 14.8 Å². The third-order valence-corrected chi connectivity index (χ3v) is 2.45. The molecule has 0 fully saturated rings. The fraction of sp³-hybridized carbons (Fsp3) is 0.533. The maximum atomic E-state index is 13.8. The molecule has 1 aromatic rings. The molecule has 0 aromatic heterocycles. The minimum atomic E-state index is -0.508. The number of rotatable bonds is 7. The van der Waals surface area contributed by atoms with Gasteiger partial charge in [-0.15, -0.1) is 0 Å². The molecule has 1 aromatic carbocycles. The van der Waals surface area contributed by atoms with E-state index in [0.29, 0.717) is 12.1 Å². The Bertz CT molecular complexity index is 447. The fourth-order valence-electron chi connectivity index (χ4n) is 1.60. The van der Waals surface area contributed by atoms with E-state index in [1.807, 2.05) is 13.8 Å². The van der Waals surface area contributed by atoms with Crippen molar-refractivity contribution in [2.45, 2.75) is 46.4 Å². The molecule has 1 N–H and O–H groups in total. The van der Waals surface area contributed by atoms with E-state index >= 15 is 0 Å². The normalized spacial score (nSPS) is 10.9. The molecule has 0 amide bonds. The molecule has 0 aliphatic heterocycles. The van der Waals surface area contributed by atoms with Crippen molar-refractivity contribution in [3.8, 4) is 5.75 Å². The highest BCUT2D eigenvalue weighted by molar-refractivity contribution is 5.71. The van der Waals surface area contributed by atoms with Gasteiger partial charge in [-0.25, -0.2) is 9.18 Å². The first kappa shape index (κ1) is 16.4. The monoisotopic (exact) mass is 283 g/mol.